The van der Waals surface area contributed by atoms with Gasteiger partial charge in [0.1, 0.15) is 0 Å². The van der Waals surface area contributed by atoms with Crippen LogP contribution in [0.3, 0.4) is 0 Å². The molecule has 4 heteroatoms. The maximum Gasteiger partial charge on any atom is 0.0470 e. The first-order chi connectivity index (χ1) is 11.8. The summed E-state index contributed by atoms with van der Waals surface area (Å²) in [6.45, 7) is 0.895. The second-order valence-electron chi connectivity index (χ2n) is 6.58. The monoisotopic (exact) mass is 382 g/mol. The molecule has 132 valence electrons. The summed E-state index contributed by atoms with van der Waals surface area (Å²) in [7, 11) is 2.09. The van der Waals surface area contributed by atoms with E-state index in [2.05, 4.69) is 96.2 Å². The van der Waals surface area contributed by atoms with Gasteiger partial charge < -0.3 is 9.80 Å². The molecule has 0 aliphatic carbocycles. The molecule has 0 fully saturated rings. The first-order valence-corrected chi connectivity index (χ1v) is 8.29. The van der Waals surface area contributed by atoms with E-state index < -0.39 is 0 Å². The molecule has 0 atom stereocenters. The molecule has 3 aromatic rings. The standard InChI is InChI=1S/C22H18N2.2ClH/c1-23-12-17-7-9-19-14-24(11-16-5-3-2-4-6-16)15-20-10-8-18(13-23)21(17)22(19)20;;/h2-10,12-15H,11H2,1H3;2*1H. The average Bonchev–Trinajstić information content (AvgIpc) is 2.60. The average molecular weight is 383 g/mol. The highest BCUT2D eigenvalue weighted by Crippen LogP contribution is 2.09. The van der Waals surface area contributed by atoms with Crippen LogP contribution >= 0.6 is 24.8 Å². The predicted molar refractivity (Wildman–Crippen MR) is 115 cm³/mol. The van der Waals surface area contributed by atoms with E-state index >= 15 is 0 Å². The van der Waals surface area contributed by atoms with Gasteiger partial charge in [0, 0.05) is 49.2 Å². The van der Waals surface area contributed by atoms with Crippen LogP contribution in [0.15, 0.2) is 54.6 Å². The molecule has 2 aliphatic rings. The SMILES string of the molecule is CN1C=c2ccc3c4c(ccc(c24)=C1)=CN(Cc1ccccc1)C=3.Cl.Cl. The van der Waals surface area contributed by atoms with Gasteiger partial charge in [0.15, 0.2) is 0 Å². The van der Waals surface area contributed by atoms with Gasteiger partial charge in [-0.05, 0) is 26.4 Å². The van der Waals surface area contributed by atoms with Gasteiger partial charge in [0.2, 0.25) is 0 Å². The van der Waals surface area contributed by atoms with Crippen molar-refractivity contribution in [3.05, 3.63) is 81.0 Å². The van der Waals surface area contributed by atoms with Crippen LogP contribution in [0.5, 0.6) is 0 Å². The molecule has 0 spiro atoms. The molecule has 26 heavy (non-hydrogen) atoms. The van der Waals surface area contributed by atoms with E-state index in [0.717, 1.165) is 6.54 Å². The number of halogens is 2. The van der Waals surface area contributed by atoms with E-state index in [1.54, 1.807) is 0 Å². The molecule has 0 amide bonds. The summed E-state index contributed by atoms with van der Waals surface area (Å²) in [6.07, 6.45) is 8.93. The third-order valence-electron chi connectivity index (χ3n) is 4.79. The third-order valence-corrected chi connectivity index (χ3v) is 4.79. The van der Waals surface area contributed by atoms with Gasteiger partial charge in [-0.3, -0.25) is 0 Å². The lowest BCUT2D eigenvalue weighted by Gasteiger charge is -2.21. The fourth-order valence-corrected chi connectivity index (χ4v) is 3.79. The zero-order valence-corrected chi connectivity index (χ0v) is 16.1. The van der Waals surface area contributed by atoms with E-state index in [-0.39, 0.29) is 24.8 Å². The summed E-state index contributed by atoms with van der Waals surface area (Å²) in [5, 5.41) is 7.94. The number of rotatable bonds is 2. The first kappa shape index (κ1) is 18.4. The van der Waals surface area contributed by atoms with Crippen LogP contribution in [0.1, 0.15) is 5.56 Å². The molecule has 0 radical (unpaired) electrons. The summed E-state index contributed by atoms with van der Waals surface area (Å²) in [5.41, 5.74) is 1.32. The topological polar surface area (TPSA) is 6.48 Å². The molecule has 5 rings (SSSR count). The molecular weight excluding hydrogens is 363 g/mol. The van der Waals surface area contributed by atoms with Gasteiger partial charge in [-0.25, -0.2) is 0 Å². The Hall–Kier alpha value is -2.42. The maximum absolute atomic E-state index is 2.29. The normalized spacial score (nSPS) is 13.4. The zero-order chi connectivity index (χ0) is 16.1. The molecule has 0 aromatic heterocycles. The molecule has 0 unspecified atom stereocenters. The van der Waals surface area contributed by atoms with Gasteiger partial charge in [0.05, 0.1) is 0 Å². The highest BCUT2D eigenvalue weighted by molar-refractivity contribution is 5.89. The summed E-state index contributed by atoms with van der Waals surface area (Å²) in [5.74, 6) is 0. The summed E-state index contributed by atoms with van der Waals surface area (Å²) in [6, 6.07) is 19.6. The predicted octanol–water partition coefficient (Wildman–Crippen LogP) is 2.10. The lowest BCUT2D eigenvalue weighted by atomic mass is 9.99. The highest BCUT2D eigenvalue weighted by Gasteiger charge is 2.10. The minimum atomic E-state index is 0. The van der Waals surface area contributed by atoms with Crippen molar-refractivity contribution in [3.63, 3.8) is 0 Å². The fraction of sp³-hybridized carbons (Fsp3) is 0.0909. The van der Waals surface area contributed by atoms with Gasteiger partial charge in [-0.1, -0.05) is 54.6 Å². The van der Waals surface area contributed by atoms with E-state index in [1.165, 1.54) is 37.2 Å². The molecular formula is C22H20Cl2N2. The van der Waals surface area contributed by atoms with Gasteiger partial charge in [-0.15, -0.1) is 24.8 Å². The number of hydrogen-bond acceptors (Lipinski definition) is 2. The Morgan fingerprint density at radius 2 is 1.08 bits per heavy atom. The van der Waals surface area contributed by atoms with Crippen molar-refractivity contribution >= 4 is 60.4 Å². The van der Waals surface area contributed by atoms with Crippen molar-refractivity contribution in [2.24, 2.45) is 0 Å². The molecule has 3 aromatic carbocycles. The van der Waals surface area contributed by atoms with Crippen molar-refractivity contribution in [2.75, 3.05) is 7.05 Å². The van der Waals surface area contributed by atoms with Gasteiger partial charge in [0.25, 0.3) is 0 Å². The number of hydrogen-bond donors (Lipinski definition) is 0. The zero-order valence-electron chi connectivity index (χ0n) is 14.4. The van der Waals surface area contributed by atoms with E-state index in [4.69, 9.17) is 0 Å². The molecule has 0 bridgehead atoms. The van der Waals surface area contributed by atoms with Crippen LogP contribution in [0.4, 0.5) is 0 Å². The van der Waals surface area contributed by atoms with Crippen LogP contribution in [0.2, 0.25) is 0 Å². The minimum absolute atomic E-state index is 0. The van der Waals surface area contributed by atoms with Crippen LogP contribution in [-0.2, 0) is 6.54 Å². The van der Waals surface area contributed by atoms with Crippen LogP contribution in [-0.4, -0.2) is 16.8 Å². The lowest BCUT2D eigenvalue weighted by Crippen LogP contribution is -2.34. The third kappa shape index (κ3) is 2.96. The van der Waals surface area contributed by atoms with E-state index in [1.807, 2.05) is 0 Å². The van der Waals surface area contributed by atoms with Gasteiger partial charge in [-0.2, -0.15) is 0 Å². The van der Waals surface area contributed by atoms with Crippen molar-refractivity contribution < 1.29 is 0 Å². The maximum atomic E-state index is 2.29. The van der Waals surface area contributed by atoms with Crippen molar-refractivity contribution in [1.82, 2.24) is 9.80 Å². The van der Waals surface area contributed by atoms with Crippen molar-refractivity contribution in [2.45, 2.75) is 6.54 Å². The van der Waals surface area contributed by atoms with E-state index in [9.17, 15) is 0 Å². The van der Waals surface area contributed by atoms with Crippen LogP contribution < -0.4 is 20.9 Å². The Bertz CT molecular complexity index is 1130. The Morgan fingerprint density at radius 1 is 0.615 bits per heavy atom. The molecule has 0 saturated carbocycles. The summed E-state index contributed by atoms with van der Waals surface area (Å²) in [4.78, 5) is 4.43. The Morgan fingerprint density at radius 3 is 1.58 bits per heavy atom. The fourth-order valence-electron chi connectivity index (χ4n) is 3.79. The summed E-state index contributed by atoms with van der Waals surface area (Å²) < 4.78 is 0. The van der Waals surface area contributed by atoms with Crippen molar-refractivity contribution in [1.29, 1.82) is 0 Å². The quantitative estimate of drug-likeness (QED) is 0.669. The Labute approximate surface area is 164 Å². The summed E-state index contributed by atoms with van der Waals surface area (Å²) >= 11 is 0. The van der Waals surface area contributed by atoms with E-state index in [0.29, 0.717) is 0 Å². The number of nitrogens with zero attached hydrogens (tertiary/aromatic N) is 2. The largest absolute Gasteiger partial charge is 0.356 e. The molecule has 0 saturated heterocycles. The second kappa shape index (κ2) is 7.06. The molecule has 0 N–H and O–H groups in total. The van der Waals surface area contributed by atoms with Gasteiger partial charge >= 0.3 is 0 Å². The smallest absolute Gasteiger partial charge is 0.0470 e. The Kier molecular flexibility index (Phi) is 4.99. The van der Waals surface area contributed by atoms with Crippen LogP contribution in [0, 0.1) is 0 Å². The highest BCUT2D eigenvalue weighted by atomic mass is 35.5. The minimum Gasteiger partial charge on any atom is -0.356 e. The Balaban J connectivity index is 0.000000980. The number of benzene rings is 3. The second-order valence-corrected chi connectivity index (χ2v) is 6.58. The first-order valence-electron chi connectivity index (χ1n) is 8.29. The van der Waals surface area contributed by atoms with Crippen molar-refractivity contribution in [3.8, 4) is 0 Å². The lowest BCUT2D eigenvalue weighted by molar-refractivity contribution is 0.587. The molecule has 2 heterocycles. The molecule has 2 aliphatic heterocycles. The van der Waals surface area contributed by atoms with Crippen LogP contribution in [0.25, 0.3) is 35.6 Å². The molecule has 2 nitrogen and oxygen atoms in total.